The number of rotatable bonds is 3. The molecule has 0 fully saturated rings. The van der Waals surface area contributed by atoms with Crippen molar-refractivity contribution < 1.29 is 9.59 Å². The van der Waals surface area contributed by atoms with Gasteiger partial charge in [-0.1, -0.05) is 19.9 Å². The molecule has 0 unspecified atom stereocenters. The van der Waals surface area contributed by atoms with Gasteiger partial charge in [0.05, 0.1) is 11.6 Å². The molecule has 2 aliphatic rings. The Morgan fingerprint density at radius 1 is 1.20 bits per heavy atom. The number of aromatic nitrogens is 2. The lowest BCUT2D eigenvalue weighted by atomic mass is 9.69. The van der Waals surface area contributed by atoms with Crippen LogP contribution >= 0.6 is 15.9 Å². The van der Waals surface area contributed by atoms with Crippen LogP contribution in [0.2, 0.25) is 0 Å². The fraction of sp³-hybridized carbons (Fsp3) is 0.304. The van der Waals surface area contributed by atoms with Crippen molar-refractivity contribution >= 4 is 33.4 Å². The summed E-state index contributed by atoms with van der Waals surface area (Å²) in [6.07, 6.45) is 4.51. The summed E-state index contributed by atoms with van der Waals surface area (Å²) in [6, 6.07) is 9.11. The zero-order chi connectivity index (χ0) is 21.5. The number of carbonyl (C=O) groups is 2. The van der Waals surface area contributed by atoms with E-state index in [0.717, 1.165) is 22.3 Å². The van der Waals surface area contributed by atoms with Crippen LogP contribution in [0.4, 0.5) is 5.82 Å². The summed E-state index contributed by atoms with van der Waals surface area (Å²) in [5.41, 5.74) is 3.32. The summed E-state index contributed by atoms with van der Waals surface area (Å²) in [6.45, 7) is 6.05. The van der Waals surface area contributed by atoms with E-state index in [4.69, 9.17) is 0 Å². The van der Waals surface area contributed by atoms with Crippen LogP contribution < -0.4 is 10.6 Å². The number of dihydropyridines is 1. The molecule has 0 radical (unpaired) electrons. The summed E-state index contributed by atoms with van der Waals surface area (Å²) >= 11 is 3.35. The van der Waals surface area contributed by atoms with Crippen molar-refractivity contribution in [2.75, 3.05) is 5.32 Å². The summed E-state index contributed by atoms with van der Waals surface area (Å²) in [5.74, 6) is -0.306. The number of amides is 1. The molecule has 30 heavy (non-hydrogen) atoms. The Bertz CT molecular complexity index is 1070. The summed E-state index contributed by atoms with van der Waals surface area (Å²) in [7, 11) is 0. The average Bonchev–Trinajstić information content (AvgIpc) is 2.68. The second kappa shape index (κ2) is 7.80. The van der Waals surface area contributed by atoms with Crippen LogP contribution in [-0.2, 0) is 9.59 Å². The molecule has 0 spiro atoms. The van der Waals surface area contributed by atoms with Gasteiger partial charge >= 0.3 is 0 Å². The predicted molar refractivity (Wildman–Crippen MR) is 118 cm³/mol. The first-order valence-corrected chi connectivity index (χ1v) is 10.6. The van der Waals surface area contributed by atoms with Crippen molar-refractivity contribution in [2.24, 2.45) is 5.41 Å². The first kappa shape index (κ1) is 20.5. The average molecular weight is 467 g/mol. The zero-order valence-corrected chi connectivity index (χ0v) is 18.7. The van der Waals surface area contributed by atoms with Gasteiger partial charge in [-0.2, -0.15) is 0 Å². The summed E-state index contributed by atoms with van der Waals surface area (Å²) < 4.78 is 0.826. The Morgan fingerprint density at radius 3 is 2.67 bits per heavy atom. The SMILES string of the molecule is CC1=C(C(=O)Nc2ccc(Br)cn2)[C@@H](c2ccccn2)C2=C(CC(C)(C)CC2=O)N1. The second-order valence-electron chi connectivity index (χ2n) is 8.50. The highest BCUT2D eigenvalue weighted by Gasteiger charge is 2.43. The highest BCUT2D eigenvalue weighted by Crippen LogP contribution is 2.46. The van der Waals surface area contributed by atoms with Crippen molar-refractivity contribution in [1.82, 2.24) is 15.3 Å². The van der Waals surface area contributed by atoms with E-state index in [-0.39, 0.29) is 17.1 Å². The number of allylic oxidation sites excluding steroid dienone is 3. The second-order valence-corrected chi connectivity index (χ2v) is 9.42. The molecular weight excluding hydrogens is 444 g/mol. The van der Waals surface area contributed by atoms with Crippen LogP contribution in [0.3, 0.4) is 0 Å². The molecule has 2 aromatic heterocycles. The molecule has 1 aliphatic carbocycles. The van der Waals surface area contributed by atoms with Gasteiger partial charge in [0.1, 0.15) is 5.82 Å². The molecule has 0 bridgehead atoms. The van der Waals surface area contributed by atoms with Crippen molar-refractivity contribution in [2.45, 2.75) is 39.5 Å². The number of pyridine rings is 2. The smallest absolute Gasteiger partial charge is 0.255 e. The number of carbonyl (C=O) groups excluding carboxylic acids is 2. The van der Waals surface area contributed by atoms with Crippen molar-refractivity contribution in [1.29, 1.82) is 0 Å². The molecule has 0 aromatic carbocycles. The van der Waals surface area contributed by atoms with E-state index in [1.165, 1.54) is 0 Å². The number of Topliss-reactive ketones (excluding diaryl/α,β-unsaturated/α-hetero) is 1. The summed E-state index contributed by atoms with van der Waals surface area (Å²) in [4.78, 5) is 35.3. The maximum absolute atomic E-state index is 13.3. The third kappa shape index (κ3) is 3.94. The molecule has 154 valence electrons. The minimum Gasteiger partial charge on any atom is -0.362 e. The Hall–Kier alpha value is -2.80. The van der Waals surface area contributed by atoms with Crippen molar-refractivity contribution in [3.63, 3.8) is 0 Å². The van der Waals surface area contributed by atoms with Gasteiger partial charge in [0.25, 0.3) is 5.91 Å². The largest absolute Gasteiger partial charge is 0.362 e. The van der Waals surface area contributed by atoms with Gasteiger partial charge in [0, 0.05) is 45.8 Å². The number of ketones is 1. The summed E-state index contributed by atoms with van der Waals surface area (Å²) in [5, 5.41) is 6.22. The minimum absolute atomic E-state index is 0.0592. The molecule has 1 aliphatic heterocycles. The van der Waals surface area contributed by atoms with Gasteiger partial charge in [0.15, 0.2) is 5.78 Å². The van der Waals surface area contributed by atoms with Crippen LogP contribution in [0.25, 0.3) is 0 Å². The van der Waals surface area contributed by atoms with Crippen LogP contribution in [0.1, 0.15) is 45.2 Å². The van der Waals surface area contributed by atoms with E-state index in [0.29, 0.717) is 29.1 Å². The number of hydrogen-bond acceptors (Lipinski definition) is 5. The van der Waals surface area contributed by atoms with E-state index in [1.807, 2.05) is 31.2 Å². The molecule has 1 atom stereocenters. The highest BCUT2D eigenvalue weighted by molar-refractivity contribution is 9.10. The quantitative estimate of drug-likeness (QED) is 0.696. The normalized spacial score (nSPS) is 20.5. The molecule has 1 amide bonds. The zero-order valence-electron chi connectivity index (χ0n) is 17.1. The Kier molecular flexibility index (Phi) is 5.32. The molecule has 2 N–H and O–H groups in total. The monoisotopic (exact) mass is 466 g/mol. The van der Waals surface area contributed by atoms with Crippen molar-refractivity contribution in [3.05, 3.63) is 75.4 Å². The Labute approximate surface area is 184 Å². The Morgan fingerprint density at radius 2 is 2.00 bits per heavy atom. The van der Waals surface area contributed by atoms with Crippen LogP contribution in [0.5, 0.6) is 0 Å². The molecule has 2 aromatic rings. The number of hydrogen-bond donors (Lipinski definition) is 2. The first-order chi connectivity index (χ1) is 14.2. The lowest BCUT2D eigenvalue weighted by molar-refractivity contribution is -0.118. The van der Waals surface area contributed by atoms with E-state index >= 15 is 0 Å². The molecule has 4 rings (SSSR count). The van der Waals surface area contributed by atoms with Crippen molar-refractivity contribution in [3.8, 4) is 0 Å². The molecule has 6 nitrogen and oxygen atoms in total. The predicted octanol–water partition coefficient (Wildman–Crippen LogP) is 4.48. The van der Waals surface area contributed by atoms with Gasteiger partial charge in [0.2, 0.25) is 0 Å². The molecule has 3 heterocycles. The number of anilines is 1. The van der Waals surface area contributed by atoms with Gasteiger partial charge in [-0.3, -0.25) is 14.6 Å². The number of nitrogens with one attached hydrogen (secondary N) is 2. The fourth-order valence-corrected chi connectivity index (χ4v) is 4.45. The molecule has 0 saturated heterocycles. The topological polar surface area (TPSA) is 84.0 Å². The first-order valence-electron chi connectivity index (χ1n) is 9.83. The van der Waals surface area contributed by atoms with E-state index in [1.54, 1.807) is 18.5 Å². The minimum atomic E-state index is -0.513. The van der Waals surface area contributed by atoms with E-state index in [2.05, 4.69) is 50.4 Å². The van der Waals surface area contributed by atoms with Crippen LogP contribution in [0, 0.1) is 5.41 Å². The molecule has 0 saturated carbocycles. The van der Waals surface area contributed by atoms with Gasteiger partial charge < -0.3 is 10.6 Å². The maximum atomic E-state index is 13.3. The van der Waals surface area contributed by atoms with Crippen LogP contribution in [0.15, 0.2) is 69.7 Å². The molecular formula is C23H23BrN4O2. The molecule has 7 heteroatoms. The lowest BCUT2D eigenvalue weighted by Crippen LogP contribution is -2.39. The highest BCUT2D eigenvalue weighted by atomic mass is 79.9. The van der Waals surface area contributed by atoms with Gasteiger partial charge in [-0.25, -0.2) is 4.98 Å². The number of nitrogens with zero attached hydrogens (tertiary/aromatic N) is 2. The lowest BCUT2D eigenvalue weighted by Gasteiger charge is -2.39. The van der Waals surface area contributed by atoms with Gasteiger partial charge in [-0.05, 0) is 59.0 Å². The van der Waals surface area contributed by atoms with E-state index in [9.17, 15) is 9.59 Å². The third-order valence-electron chi connectivity index (χ3n) is 5.44. The fourth-order valence-electron chi connectivity index (χ4n) is 4.21. The standard InChI is InChI=1S/C23H23BrN4O2/c1-13-19(22(30)28-18-8-7-14(24)12-26-18)21(15-6-4-5-9-25-15)20-16(27-13)10-23(2,3)11-17(20)29/h4-9,12,21,27H,10-11H2,1-3H3,(H,26,28,30)/t21-/m1/s1. The number of halogens is 1. The maximum Gasteiger partial charge on any atom is 0.255 e. The Balaban J connectivity index is 1.78. The van der Waals surface area contributed by atoms with E-state index < -0.39 is 5.92 Å². The van der Waals surface area contributed by atoms with Gasteiger partial charge in [-0.15, -0.1) is 0 Å². The van der Waals surface area contributed by atoms with Crippen LogP contribution in [-0.4, -0.2) is 21.7 Å². The third-order valence-corrected chi connectivity index (χ3v) is 5.91.